The summed E-state index contributed by atoms with van der Waals surface area (Å²) in [6, 6.07) is 13.3. The molecule has 0 atom stereocenters. The lowest BCUT2D eigenvalue weighted by atomic mass is 10.1. The molecule has 5 nitrogen and oxygen atoms in total. The summed E-state index contributed by atoms with van der Waals surface area (Å²) in [4.78, 5) is 9.81. The highest BCUT2D eigenvalue weighted by molar-refractivity contribution is 5.84. The first kappa shape index (κ1) is 20.2. The van der Waals surface area contributed by atoms with E-state index in [0.29, 0.717) is 30.4 Å². The van der Waals surface area contributed by atoms with Gasteiger partial charge in [-0.2, -0.15) is 18.2 Å². The molecule has 2 aromatic heterocycles. The molecule has 0 aliphatic rings. The highest BCUT2D eigenvalue weighted by Crippen LogP contribution is 2.30. The van der Waals surface area contributed by atoms with E-state index in [0.717, 1.165) is 23.3 Å². The number of rotatable bonds is 6. The predicted molar refractivity (Wildman–Crippen MR) is 107 cm³/mol. The number of nitrogens with zero attached hydrogens (tertiary/aromatic N) is 3. The summed E-state index contributed by atoms with van der Waals surface area (Å²) in [5.41, 5.74) is 3.21. The zero-order valence-electron chi connectivity index (χ0n) is 16.6. The topological polar surface area (TPSA) is 58.0 Å². The molecule has 0 aliphatic heterocycles. The second-order valence-corrected chi connectivity index (χ2v) is 7.43. The highest BCUT2D eigenvalue weighted by Gasteiger charge is 2.30. The molecule has 0 radical (unpaired) electrons. The van der Waals surface area contributed by atoms with Gasteiger partial charge < -0.3 is 9.51 Å². The molecule has 8 heteroatoms. The van der Waals surface area contributed by atoms with Crippen LogP contribution in [0.15, 0.2) is 53.1 Å². The van der Waals surface area contributed by atoms with E-state index in [-0.39, 0.29) is 6.42 Å². The average Bonchev–Trinajstić information content (AvgIpc) is 3.26. The number of nitrogens with one attached hydrogen (secondary N) is 1. The molecule has 0 unspecified atom stereocenters. The molecule has 1 N–H and O–H groups in total. The SMILES string of the molecule is Cc1c(CN(C)Cc2nc(Cc3cccc(C(F)(F)F)c3)no2)[nH]c2ccccc12. The van der Waals surface area contributed by atoms with Gasteiger partial charge in [-0.1, -0.05) is 41.6 Å². The lowest BCUT2D eigenvalue weighted by molar-refractivity contribution is -0.137. The van der Waals surface area contributed by atoms with Gasteiger partial charge in [-0.25, -0.2) is 0 Å². The third-order valence-corrected chi connectivity index (χ3v) is 5.03. The average molecular weight is 414 g/mol. The molecule has 156 valence electrons. The lowest BCUT2D eigenvalue weighted by Gasteiger charge is -2.13. The summed E-state index contributed by atoms with van der Waals surface area (Å²) in [6.45, 7) is 3.19. The Morgan fingerprint density at radius 3 is 2.63 bits per heavy atom. The molecular formula is C22H21F3N4O. The van der Waals surface area contributed by atoms with Gasteiger partial charge in [0.2, 0.25) is 5.89 Å². The maximum absolute atomic E-state index is 12.9. The molecule has 0 saturated carbocycles. The first-order chi connectivity index (χ1) is 14.3. The van der Waals surface area contributed by atoms with Gasteiger partial charge in [0.1, 0.15) is 0 Å². The fraction of sp³-hybridized carbons (Fsp3) is 0.273. The predicted octanol–water partition coefficient (Wildman–Crippen LogP) is 5.10. The molecule has 30 heavy (non-hydrogen) atoms. The molecule has 0 amide bonds. The maximum Gasteiger partial charge on any atom is 0.416 e. The summed E-state index contributed by atoms with van der Waals surface area (Å²) < 4.78 is 43.9. The summed E-state index contributed by atoms with van der Waals surface area (Å²) in [5.74, 6) is 0.785. The van der Waals surface area contributed by atoms with Crippen LogP contribution in [0, 0.1) is 6.92 Å². The van der Waals surface area contributed by atoms with Crippen molar-refractivity contribution in [2.45, 2.75) is 32.6 Å². The van der Waals surface area contributed by atoms with Crippen LogP contribution in [0.25, 0.3) is 10.9 Å². The van der Waals surface area contributed by atoms with Crippen LogP contribution in [0.4, 0.5) is 13.2 Å². The van der Waals surface area contributed by atoms with E-state index < -0.39 is 11.7 Å². The lowest BCUT2D eigenvalue weighted by Crippen LogP contribution is -2.18. The molecule has 2 heterocycles. The number of hydrogen-bond donors (Lipinski definition) is 1. The first-order valence-electron chi connectivity index (χ1n) is 9.52. The van der Waals surface area contributed by atoms with Gasteiger partial charge in [-0.3, -0.25) is 4.90 Å². The van der Waals surface area contributed by atoms with E-state index in [2.05, 4.69) is 28.1 Å². The van der Waals surface area contributed by atoms with Crippen LogP contribution >= 0.6 is 0 Å². The second-order valence-electron chi connectivity index (χ2n) is 7.43. The molecule has 0 spiro atoms. The zero-order chi connectivity index (χ0) is 21.3. The minimum atomic E-state index is -4.37. The van der Waals surface area contributed by atoms with Crippen molar-refractivity contribution >= 4 is 10.9 Å². The minimum absolute atomic E-state index is 0.179. The number of alkyl halides is 3. The smallest absolute Gasteiger partial charge is 0.357 e. The van der Waals surface area contributed by atoms with Crippen LogP contribution in [0.2, 0.25) is 0 Å². The highest BCUT2D eigenvalue weighted by atomic mass is 19.4. The Balaban J connectivity index is 1.41. The van der Waals surface area contributed by atoms with Gasteiger partial charge in [-0.15, -0.1) is 0 Å². The monoisotopic (exact) mass is 414 g/mol. The Hall–Kier alpha value is -3.13. The largest absolute Gasteiger partial charge is 0.416 e. The van der Waals surface area contributed by atoms with Crippen LogP contribution < -0.4 is 0 Å². The van der Waals surface area contributed by atoms with E-state index in [1.807, 2.05) is 30.1 Å². The number of para-hydroxylation sites is 1. The Morgan fingerprint density at radius 1 is 1.07 bits per heavy atom. The fourth-order valence-corrected chi connectivity index (χ4v) is 3.52. The molecule has 0 aliphatic carbocycles. The van der Waals surface area contributed by atoms with E-state index >= 15 is 0 Å². The molecule has 4 aromatic rings. The van der Waals surface area contributed by atoms with Crippen LogP contribution in [0.1, 0.15) is 34.1 Å². The van der Waals surface area contributed by atoms with Gasteiger partial charge >= 0.3 is 6.18 Å². The van der Waals surface area contributed by atoms with Crippen molar-refractivity contribution in [2.75, 3.05) is 7.05 Å². The van der Waals surface area contributed by atoms with E-state index in [4.69, 9.17) is 4.52 Å². The third-order valence-electron chi connectivity index (χ3n) is 5.03. The van der Waals surface area contributed by atoms with Gasteiger partial charge in [-0.05, 0) is 37.2 Å². The molecule has 4 rings (SSSR count). The summed E-state index contributed by atoms with van der Waals surface area (Å²) >= 11 is 0. The van der Waals surface area contributed by atoms with Crippen LogP contribution in [-0.2, 0) is 25.7 Å². The summed E-state index contributed by atoms with van der Waals surface area (Å²) in [6.07, 6.45) is -4.19. The Morgan fingerprint density at radius 2 is 1.87 bits per heavy atom. The van der Waals surface area contributed by atoms with Crippen molar-refractivity contribution in [3.63, 3.8) is 0 Å². The van der Waals surface area contributed by atoms with Gasteiger partial charge in [0.05, 0.1) is 12.1 Å². The number of aromatic nitrogens is 3. The van der Waals surface area contributed by atoms with Crippen molar-refractivity contribution in [1.29, 1.82) is 0 Å². The van der Waals surface area contributed by atoms with Crippen LogP contribution in [0.3, 0.4) is 0 Å². The Labute approximate surface area is 171 Å². The number of halogens is 3. The molecule has 0 saturated heterocycles. The third kappa shape index (κ3) is 4.38. The van der Waals surface area contributed by atoms with Crippen LogP contribution in [-0.4, -0.2) is 27.1 Å². The van der Waals surface area contributed by atoms with Gasteiger partial charge in [0.25, 0.3) is 0 Å². The number of hydrogen-bond acceptors (Lipinski definition) is 4. The standard InChI is InChI=1S/C22H21F3N4O/c1-14-17-8-3-4-9-18(17)26-19(14)12-29(2)13-21-27-20(28-30-21)11-15-6-5-7-16(10-15)22(23,24)25/h3-10,26H,11-13H2,1-2H3. The molecule has 2 aromatic carbocycles. The van der Waals surface area contributed by atoms with Crippen molar-refractivity contribution in [2.24, 2.45) is 0 Å². The molecular weight excluding hydrogens is 393 g/mol. The van der Waals surface area contributed by atoms with E-state index in [9.17, 15) is 13.2 Å². The fourth-order valence-electron chi connectivity index (χ4n) is 3.52. The number of fused-ring (bicyclic) bond motifs is 1. The minimum Gasteiger partial charge on any atom is -0.357 e. The maximum atomic E-state index is 12.9. The van der Waals surface area contributed by atoms with Crippen molar-refractivity contribution in [3.8, 4) is 0 Å². The van der Waals surface area contributed by atoms with Crippen molar-refractivity contribution in [1.82, 2.24) is 20.0 Å². The summed E-state index contributed by atoms with van der Waals surface area (Å²) in [7, 11) is 1.95. The number of H-pyrrole nitrogens is 1. The summed E-state index contributed by atoms with van der Waals surface area (Å²) in [5, 5.41) is 5.11. The van der Waals surface area contributed by atoms with E-state index in [1.165, 1.54) is 17.0 Å². The second kappa shape index (κ2) is 7.95. The van der Waals surface area contributed by atoms with Crippen LogP contribution in [0.5, 0.6) is 0 Å². The number of aryl methyl sites for hydroxylation is 1. The zero-order valence-corrected chi connectivity index (χ0v) is 16.6. The normalized spacial score (nSPS) is 12.2. The number of aromatic amines is 1. The van der Waals surface area contributed by atoms with Gasteiger partial charge in [0, 0.05) is 29.6 Å². The molecule has 0 bridgehead atoms. The van der Waals surface area contributed by atoms with E-state index in [1.54, 1.807) is 6.07 Å². The first-order valence-corrected chi connectivity index (χ1v) is 9.52. The van der Waals surface area contributed by atoms with Gasteiger partial charge in [0.15, 0.2) is 5.82 Å². The Bertz CT molecular complexity index is 1160. The van der Waals surface area contributed by atoms with Crippen molar-refractivity contribution < 1.29 is 17.7 Å². The Kier molecular flexibility index (Phi) is 5.34. The quantitative estimate of drug-likeness (QED) is 0.477. The molecule has 0 fully saturated rings. The van der Waals surface area contributed by atoms with Crippen molar-refractivity contribution in [3.05, 3.63) is 82.6 Å². The number of benzene rings is 2.